The number of non-ortho nitro benzene ring substituents is 1. The van der Waals surface area contributed by atoms with Crippen LogP contribution in [0.2, 0.25) is 0 Å². The number of hydrogen-bond donors (Lipinski definition) is 2. The van der Waals surface area contributed by atoms with Gasteiger partial charge >= 0.3 is 0 Å². The summed E-state index contributed by atoms with van der Waals surface area (Å²) in [6.07, 6.45) is 2.01. The van der Waals surface area contributed by atoms with Gasteiger partial charge in [-0.25, -0.2) is 0 Å². The van der Waals surface area contributed by atoms with Crippen molar-refractivity contribution >= 4 is 17.3 Å². The minimum atomic E-state index is -0.438. The number of nitro groups is 1. The van der Waals surface area contributed by atoms with Crippen LogP contribution in [0, 0.1) is 10.1 Å². The third kappa shape index (κ3) is 4.34. The Morgan fingerprint density at radius 1 is 1.48 bits per heavy atom. The lowest BCUT2D eigenvalue weighted by molar-refractivity contribution is -0.384. The predicted octanol–water partition coefficient (Wildman–Crippen LogP) is 2.07. The molecule has 1 unspecified atom stereocenters. The number of amides is 1. The molecular weight excluding hydrogens is 274 g/mol. The van der Waals surface area contributed by atoms with Crippen LogP contribution in [0.15, 0.2) is 18.2 Å². The molecule has 1 heterocycles. The molecule has 1 atom stereocenters. The average molecular weight is 293 g/mol. The van der Waals surface area contributed by atoms with Gasteiger partial charge in [-0.15, -0.1) is 0 Å². The third-order valence-electron chi connectivity index (χ3n) is 3.21. The molecule has 1 amide bonds. The highest BCUT2D eigenvalue weighted by Crippen LogP contribution is 2.27. The Labute approximate surface area is 122 Å². The number of nitro benzene ring substituents is 1. The van der Waals surface area contributed by atoms with Crippen LogP contribution in [0.4, 0.5) is 11.4 Å². The first kappa shape index (κ1) is 15.1. The molecule has 1 aromatic rings. The maximum atomic E-state index is 11.1. The summed E-state index contributed by atoms with van der Waals surface area (Å²) in [6, 6.07) is 4.72. The van der Waals surface area contributed by atoms with Crippen molar-refractivity contribution in [1.82, 2.24) is 5.32 Å². The second kappa shape index (κ2) is 6.92. The quantitative estimate of drug-likeness (QED) is 0.618. The maximum absolute atomic E-state index is 11.1. The fraction of sp³-hybridized carbons (Fsp3) is 0.500. The van der Waals surface area contributed by atoms with Crippen molar-refractivity contribution in [2.45, 2.75) is 32.2 Å². The van der Waals surface area contributed by atoms with Crippen LogP contribution >= 0.6 is 0 Å². The smallest absolute Gasteiger partial charge is 0.275 e. The Balaban J connectivity index is 2.11. The molecule has 1 aliphatic rings. The molecule has 0 bridgehead atoms. The second-order valence-corrected chi connectivity index (χ2v) is 5.01. The van der Waals surface area contributed by atoms with Crippen LogP contribution in [0.1, 0.15) is 26.2 Å². The molecule has 0 saturated carbocycles. The largest absolute Gasteiger partial charge is 0.493 e. The van der Waals surface area contributed by atoms with Crippen LogP contribution in [0.3, 0.4) is 0 Å². The van der Waals surface area contributed by atoms with Crippen molar-refractivity contribution in [2.24, 2.45) is 0 Å². The molecule has 1 saturated heterocycles. The van der Waals surface area contributed by atoms with E-state index in [-0.39, 0.29) is 17.6 Å². The van der Waals surface area contributed by atoms with E-state index in [0.29, 0.717) is 37.4 Å². The van der Waals surface area contributed by atoms with Gasteiger partial charge in [0.25, 0.3) is 5.69 Å². The molecule has 21 heavy (non-hydrogen) atoms. The van der Waals surface area contributed by atoms with Gasteiger partial charge in [0, 0.05) is 36.8 Å². The number of nitrogens with one attached hydrogen (secondary N) is 2. The number of piperidine rings is 1. The topological polar surface area (TPSA) is 93.5 Å². The van der Waals surface area contributed by atoms with Crippen molar-refractivity contribution in [3.63, 3.8) is 0 Å². The highest BCUT2D eigenvalue weighted by atomic mass is 16.6. The predicted molar refractivity (Wildman–Crippen MR) is 78.5 cm³/mol. The monoisotopic (exact) mass is 293 g/mol. The highest BCUT2D eigenvalue weighted by Gasteiger charge is 2.19. The number of carbonyl (C=O) groups is 1. The minimum Gasteiger partial charge on any atom is -0.493 e. The van der Waals surface area contributed by atoms with E-state index >= 15 is 0 Å². The van der Waals surface area contributed by atoms with Gasteiger partial charge in [-0.2, -0.15) is 0 Å². The number of ether oxygens (including phenoxy) is 1. The van der Waals surface area contributed by atoms with E-state index in [4.69, 9.17) is 4.74 Å². The van der Waals surface area contributed by atoms with Crippen LogP contribution in [-0.2, 0) is 4.79 Å². The van der Waals surface area contributed by atoms with E-state index in [1.165, 1.54) is 12.1 Å². The first-order chi connectivity index (χ1) is 10.1. The zero-order chi connectivity index (χ0) is 15.2. The molecule has 7 heteroatoms. The zero-order valence-electron chi connectivity index (χ0n) is 11.9. The van der Waals surface area contributed by atoms with Crippen molar-refractivity contribution < 1.29 is 14.5 Å². The second-order valence-electron chi connectivity index (χ2n) is 5.01. The molecule has 2 rings (SSSR count). The summed E-state index contributed by atoms with van der Waals surface area (Å²) in [5.41, 5.74) is 0.627. The van der Waals surface area contributed by atoms with Crippen molar-refractivity contribution in [3.8, 4) is 5.75 Å². The number of rotatable bonds is 6. The van der Waals surface area contributed by atoms with E-state index in [0.717, 1.165) is 6.42 Å². The third-order valence-corrected chi connectivity index (χ3v) is 3.21. The molecule has 0 aliphatic carbocycles. The fourth-order valence-electron chi connectivity index (χ4n) is 2.17. The lowest BCUT2D eigenvalue weighted by Crippen LogP contribution is -2.41. The van der Waals surface area contributed by atoms with Gasteiger partial charge in [-0.1, -0.05) is 6.92 Å². The summed E-state index contributed by atoms with van der Waals surface area (Å²) < 4.78 is 5.48. The van der Waals surface area contributed by atoms with E-state index in [9.17, 15) is 14.9 Å². The summed E-state index contributed by atoms with van der Waals surface area (Å²) in [4.78, 5) is 21.7. The Bertz CT molecular complexity index is 523. The number of anilines is 1. The molecule has 0 radical (unpaired) electrons. The van der Waals surface area contributed by atoms with Gasteiger partial charge in [0.1, 0.15) is 5.75 Å². The Kier molecular flexibility index (Phi) is 4.97. The van der Waals surface area contributed by atoms with Crippen LogP contribution < -0.4 is 15.4 Å². The highest BCUT2D eigenvalue weighted by molar-refractivity contribution is 5.77. The number of carbonyl (C=O) groups excluding carboxylic acids is 1. The standard InChI is InChI=1S/C14H19N3O4/c1-2-5-21-13-7-11(6-12(8-13)17(19)20)16-10-3-4-14(18)15-9-10/h6-8,10,16H,2-5,9H2,1H3,(H,15,18). The average Bonchev–Trinajstić information content (AvgIpc) is 2.47. The first-order valence-corrected chi connectivity index (χ1v) is 7.04. The summed E-state index contributed by atoms with van der Waals surface area (Å²) in [7, 11) is 0. The summed E-state index contributed by atoms with van der Waals surface area (Å²) in [6.45, 7) is 3.01. The van der Waals surface area contributed by atoms with Crippen LogP contribution in [0.5, 0.6) is 5.75 Å². The summed E-state index contributed by atoms with van der Waals surface area (Å²) in [5, 5.41) is 17.0. The Morgan fingerprint density at radius 3 is 2.90 bits per heavy atom. The molecule has 1 aliphatic heterocycles. The molecule has 0 spiro atoms. The maximum Gasteiger partial charge on any atom is 0.275 e. The Morgan fingerprint density at radius 2 is 2.29 bits per heavy atom. The normalized spacial score (nSPS) is 18.0. The molecule has 114 valence electrons. The van der Waals surface area contributed by atoms with Gasteiger partial charge in [0.05, 0.1) is 17.6 Å². The number of benzene rings is 1. The van der Waals surface area contributed by atoms with Crippen LogP contribution in [-0.4, -0.2) is 30.0 Å². The number of hydrogen-bond acceptors (Lipinski definition) is 5. The first-order valence-electron chi connectivity index (χ1n) is 7.04. The molecule has 1 aromatic carbocycles. The van der Waals surface area contributed by atoms with Gasteiger partial charge in [0.15, 0.2) is 0 Å². The molecule has 0 aromatic heterocycles. The lowest BCUT2D eigenvalue weighted by Gasteiger charge is -2.24. The molecule has 2 N–H and O–H groups in total. The lowest BCUT2D eigenvalue weighted by atomic mass is 10.1. The minimum absolute atomic E-state index is 0.00838. The molecule has 7 nitrogen and oxygen atoms in total. The van der Waals surface area contributed by atoms with E-state index < -0.39 is 4.92 Å². The number of nitrogens with zero attached hydrogens (tertiary/aromatic N) is 1. The van der Waals surface area contributed by atoms with Gasteiger partial charge < -0.3 is 15.4 Å². The van der Waals surface area contributed by atoms with E-state index in [1.807, 2.05) is 6.92 Å². The zero-order valence-corrected chi connectivity index (χ0v) is 11.9. The van der Waals surface area contributed by atoms with Crippen LogP contribution in [0.25, 0.3) is 0 Å². The van der Waals surface area contributed by atoms with Crippen molar-refractivity contribution in [2.75, 3.05) is 18.5 Å². The van der Waals surface area contributed by atoms with Gasteiger partial charge in [0.2, 0.25) is 5.91 Å². The van der Waals surface area contributed by atoms with Gasteiger partial charge in [-0.05, 0) is 12.8 Å². The SMILES string of the molecule is CCCOc1cc(NC2CCC(=O)NC2)cc([N+](=O)[O-])c1. The fourth-order valence-corrected chi connectivity index (χ4v) is 2.17. The van der Waals surface area contributed by atoms with Gasteiger partial charge in [-0.3, -0.25) is 14.9 Å². The molecule has 1 fully saturated rings. The van der Waals surface area contributed by atoms with Crippen molar-refractivity contribution in [3.05, 3.63) is 28.3 Å². The van der Waals surface area contributed by atoms with E-state index in [1.54, 1.807) is 6.07 Å². The summed E-state index contributed by atoms with van der Waals surface area (Å²) in [5.74, 6) is 0.521. The Hall–Kier alpha value is -2.31. The van der Waals surface area contributed by atoms with E-state index in [2.05, 4.69) is 10.6 Å². The van der Waals surface area contributed by atoms with Crippen molar-refractivity contribution in [1.29, 1.82) is 0 Å². The molecular formula is C14H19N3O4. The summed E-state index contributed by atoms with van der Waals surface area (Å²) >= 11 is 0.